The lowest BCUT2D eigenvalue weighted by Crippen LogP contribution is -2.33. The molecule has 0 heterocycles. The molecule has 1 aromatic carbocycles. The van der Waals surface area contributed by atoms with Crippen LogP contribution in [0.4, 0.5) is 5.69 Å². The smallest absolute Gasteiger partial charge is 0.233 e. The second-order valence-electron chi connectivity index (χ2n) is 4.18. The summed E-state index contributed by atoms with van der Waals surface area (Å²) in [5, 5.41) is 2.59. The van der Waals surface area contributed by atoms with E-state index in [0.717, 1.165) is 24.4 Å². The fraction of sp³-hybridized carbons (Fsp3) is 0.462. The topological polar surface area (TPSA) is 67.6 Å². The Labute approximate surface area is 108 Å². The highest BCUT2D eigenvalue weighted by Crippen LogP contribution is 2.13. The monoisotopic (exact) mass is 251 g/mol. The van der Waals surface area contributed by atoms with Crippen LogP contribution in [0.25, 0.3) is 0 Å². The molecule has 3 N–H and O–H groups in total. The lowest BCUT2D eigenvalue weighted by molar-refractivity contribution is -0.121. The van der Waals surface area contributed by atoms with E-state index in [1.807, 2.05) is 36.2 Å². The molecule has 0 saturated heterocycles. The number of likely N-dealkylation sites (N-methyl/N-ethyl adjacent to an activating group) is 2. The summed E-state index contributed by atoms with van der Waals surface area (Å²) in [6.07, 6.45) is 0.873. The van der Waals surface area contributed by atoms with Gasteiger partial charge in [0.2, 0.25) is 5.91 Å². The molecule has 0 aromatic heterocycles. The number of hydrogen-bond donors (Lipinski definition) is 2. The molecule has 0 atom stereocenters. The normalized spacial score (nSPS) is 10.4. The van der Waals surface area contributed by atoms with Gasteiger partial charge in [0.25, 0.3) is 0 Å². The van der Waals surface area contributed by atoms with Gasteiger partial charge in [-0.3, -0.25) is 9.69 Å². The van der Waals surface area contributed by atoms with Crippen molar-refractivity contribution >= 4 is 11.6 Å². The summed E-state index contributed by atoms with van der Waals surface area (Å²) in [6, 6.07) is 7.33. The average molecular weight is 251 g/mol. The van der Waals surface area contributed by atoms with E-state index in [1.54, 1.807) is 7.05 Å². The summed E-state index contributed by atoms with van der Waals surface area (Å²) in [6.45, 7) is 1.86. The molecule has 1 aromatic rings. The quantitative estimate of drug-likeness (QED) is 0.553. The van der Waals surface area contributed by atoms with Crippen LogP contribution in [0.2, 0.25) is 0 Å². The zero-order valence-electron chi connectivity index (χ0n) is 11.0. The molecular formula is C13H21N3O2. The summed E-state index contributed by atoms with van der Waals surface area (Å²) in [5.74, 6) is 0.843. The van der Waals surface area contributed by atoms with Gasteiger partial charge in [0.1, 0.15) is 5.75 Å². The van der Waals surface area contributed by atoms with E-state index in [2.05, 4.69) is 5.32 Å². The molecule has 5 nitrogen and oxygen atoms in total. The van der Waals surface area contributed by atoms with E-state index in [1.165, 1.54) is 0 Å². The third-order valence-corrected chi connectivity index (χ3v) is 2.53. The minimum absolute atomic E-state index is 0.0250. The van der Waals surface area contributed by atoms with Crippen molar-refractivity contribution in [3.8, 4) is 5.75 Å². The van der Waals surface area contributed by atoms with Gasteiger partial charge in [-0.2, -0.15) is 0 Å². The Morgan fingerprint density at radius 2 is 2.06 bits per heavy atom. The first-order valence-electron chi connectivity index (χ1n) is 5.99. The molecular weight excluding hydrogens is 230 g/mol. The second kappa shape index (κ2) is 7.55. The third-order valence-electron chi connectivity index (χ3n) is 2.53. The molecule has 1 rings (SSSR count). The first kappa shape index (κ1) is 14.3. The highest BCUT2D eigenvalue weighted by molar-refractivity contribution is 5.77. The number of carbonyl (C=O) groups excluding carboxylic acids is 1. The Kier molecular flexibility index (Phi) is 6.00. The van der Waals surface area contributed by atoms with Crippen molar-refractivity contribution in [2.24, 2.45) is 0 Å². The fourth-order valence-corrected chi connectivity index (χ4v) is 1.49. The van der Waals surface area contributed by atoms with Gasteiger partial charge in [0, 0.05) is 19.3 Å². The zero-order chi connectivity index (χ0) is 13.4. The molecule has 0 radical (unpaired) electrons. The van der Waals surface area contributed by atoms with Crippen LogP contribution < -0.4 is 15.8 Å². The van der Waals surface area contributed by atoms with E-state index >= 15 is 0 Å². The lowest BCUT2D eigenvalue weighted by atomic mass is 10.3. The van der Waals surface area contributed by atoms with E-state index in [0.29, 0.717) is 13.2 Å². The van der Waals surface area contributed by atoms with Gasteiger partial charge in [-0.25, -0.2) is 0 Å². The standard InChI is InChI=1S/C13H21N3O2/c1-15-13(17)10-16(2)8-3-9-18-12-6-4-11(14)5-7-12/h4-7H,3,8-10,14H2,1-2H3,(H,15,17). The number of nitrogens with zero attached hydrogens (tertiary/aromatic N) is 1. The van der Waals surface area contributed by atoms with Crippen LogP contribution >= 0.6 is 0 Å². The summed E-state index contributed by atoms with van der Waals surface area (Å²) in [4.78, 5) is 13.1. The van der Waals surface area contributed by atoms with Crippen molar-refractivity contribution in [3.63, 3.8) is 0 Å². The number of amides is 1. The molecule has 0 aliphatic carbocycles. The molecule has 0 bridgehead atoms. The van der Waals surface area contributed by atoms with Gasteiger partial charge in [-0.05, 0) is 37.7 Å². The third kappa shape index (κ3) is 5.54. The number of nitrogens with one attached hydrogen (secondary N) is 1. The number of hydrogen-bond acceptors (Lipinski definition) is 4. The number of ether oxygens (including phenoxy) is 1. The maximum absolute atomic E-state index is 11.1. The van der Waals surface area contributed by atoms with Crippen LogP contribution in [0.15, 0.2) is 24.3 Å². The van der Waals surface area contributed by atoms with Gasteiger partial charge in [0.15, 0.2) is 0 Å². The summed E-state index contributed by atoms with van der Waals surface area (Å²) in [7, 11) is 3.55. The molecule has 0 fully saturated rings. The number of benzene rings is 1. The molecule has 5 heteroatoms. The Balaban J connectivity index is 2.14. The fourth-order valence-electron chi connectivity index (χ4n) is 1.49. The van der Waals surface area contributed by atoms with Crippen LogP contribution in [0.3, 0.4) is 0 Å². The molecule has 18 heavy (non-hydrogen) atoms. The Morgan fingerprint density at radius 3 is 2.67 bits per heavy atom. The maximum Gasteiger partial charge on any atom is 0.233 e. The highest BCUT2D eigenvalue weighted by atomic mass is 16.5. The molecule has 0 unspecified atom stereocenters. The van der Waals surface area contributed by atoms with Crippen molar-refractivity contribution in [1.29, 1.82) is 0 Å². The molecule has 0 aliphatic heterocycles. The highest BCUT2D eigenvalue weighted by Gasteiger charge is 2.03. The van der Waals surface area contributed by atoms with Gasteiger partial charge in [-0.1, -0.05) is 0 Å². The molecule has 0 saturated carbocycles. The van der Waals surface area contributed by atoms with Crippen LogP contribution in [-0.4, -0.2) is 44.6 Å². The van der Waals surface area contributed by atoms with Crippen LogP contribution in [-0.2, 0) is 4.79 Å². The molecule has 100 valence electrons. The predicted molar refractivity (Wildman–Crippen MR) is 72.5 cm³/mol. The van der Waals surface area contributed by atoms with E-state index < -0.39 is 0 Å². The Hall–Kier alpha value is -1.75. The van der Waals surface area contributed by atoms with Crippen LogP contribution in [0, 0.1) is 0 Å². The predicted octanol–water partition coefficient (Wildman–Crippen LogP) is 0.715. The minimum Gasteiger partial charge on any atom is -0.494 e. The first-order chi connectivity index (χ1) is 8.61. The average Bonchev–Trinajstić information content (AvgIpc) is 2.36. The van der Waals surface area contributed by atoms with Gasteiger partial charge in [0.05, 0.1) is 13.2 Å². The van der Waals surface area contributed by atoms with E-state index in [-0.39, 0.29) is 5.91 Å². The van der Waals surface area contributed by atoms with Crippen molar-refractivity contribution in [1.82, 2.24) is 10.2 Å². The van der Waals surface area contributed by atoms with Crippen LogP contribution in [0.1, 0.15) is 6.42 Å². The summed E-state index contributed by atoms with van der Waals surface area (Å²) >= 11 is 0. The van der Waals surface area contributed by atoms with Crippen LogP contribution in [0.5, 0.6) is 5.75 Å². The molecule has 1 amide bonds. The van der Waals surface area contributed by atoms with Gasteiger partial charge in [-0.15, -0.1) is 0 Å². The minimum atomic E-state index is 0.0250. The lowest BCUT2D eigenvalue weighted by Gasteiger charge is -2.15. The van der Waals surface area contributed by atoms with Crippen molar-refractivity contribution in [2.75, 3.05) is 39.5 Å². The largest absolute Gasteiger partial charge is 0.494 e. The Bertz CT molecular complexity index is 365. The van der Waals surface area contributed by atoms with E-state index in [9.17, 15) is 4.79 Å². The van der Waals surface area contributed by atoms with Crippen molar-refractivity contribution in [2.45, 2.75) is 6.42 Å². The number of rotatable bonds is 7. The van der Waals surface area contributed by atoms with Gasteiger partial charge < -0.3 is 15.8 Å². The van der Waals surface area contributed by atoms with Gasteiger partial charge >= 0.3 is 0 Å². The zero-order valence-corrected chi connectivity index (χ0v) is 11.0. The number of anilines is 1. The first-order valence-corrected chi connectivity index (χ1v) is 5.99. The maximum atomic E-state index is 11.1. The SMILES string of the molecule is CNC(=O)CN(C)CCCOc1ccc(N)cc1. The molecule has 0 spiro atoms. The van der Waals surface area contributed by atoms with Crippen molar-refractivity contribution in [3.05, 3.63) is 24.3 Å². The molecule has 0 aliphatic rings. The second-order valence-corrected chi connectivity index (χ2v) is 4.18. The van der Waals surface area contributed by atoms with Crippen molar-refractivity contribution < 1.29 is 9.53 Å². The summed E-state index contributed by atoms with van der Waals surface area (Å²) in [5.41, 5.74) is 6.31. The Morgan fingerprint density at radius 1 is 1.39 bits per heavy atom. The number of nitrogen functional groups attached to an aromatic ring is 1. The summed E-state index contributed by atoms with van der Waals surface area (Å²) < 4.78 is 5.56. The number of nitrogens with two attached hydrogens (primary N) is 1. The van der Waals surface area contributed by atoms with E-state index in [4.69, 9.17) is 10.5 Å². The number of carbonyl (C=O) groups is 1.